The summed E-state index contributed by atoms with van der Waals surface area (Å²) in [5, 5.41) is 15.3. The van der Waals surface area contributed by atoms with Crippen molar-refractivity contribution in [2.45, 2.75) is 0 Å². The Bertz CT molecular complexity index is 1130. The first-order valence-electron chi connectivity index (χ1n) is 8.52. The molecule has 154 valence electrons. The molecule has 0 saturated carbocycles. The second kappa shape index (κ2) is 9.10. The fraction of sp³-hybridized carbons (Fsp3) is 0.100. The van der Waals surface area contributed by atoms with Gasteiger partial charge in [0.25, 0.3) is 11.6 Å². The summed E-state index contributed by atoms with van der Waals surface area (Å²) in [4.78, 5) is 23.0. The lowest BCUT2D eigenvalue weighted by Gasteiger charge is -2.08. The molecular weight excluding hydrogens is 414 g/mol. The van der Waals surface area contributed by atoms with Crippen LogP contribution in [0.5, 0.6) is 11.5 Å². The third-order valence-corrected chi connectivity index (χ3v) is 4.30. The Morgan fingerprint density at radius 2 is 1.97 bits per heavy atom. The summed E-state index contributed by atoms with van der Waals surface area (Å²) in [6.07, 6.45) is 1.28. The molecule has 0 saturated heterocycles. The van der Waals surface area contributed by atoms with Gasteiger partial charge in [0, 0.05) is 17.2 Å². The number of nitro groups is 1. The number of nitrogens with zero attached hydrogens (tertiary/aromatic N) is 2. The summed E-state index contributed by atoms with van der Waals surface area (Å²) >= 11 is 5.83. The number of rotatable bonds is 7. The smallest absolute Gasteiger partial charge is 0.281 e. The number of amides is 1. The predicted molar refractivity (Wildman–Crippen MR) is 110 cm³/mol. The molecule has 0 aliphatic carbocycles. The Hall–Kier alpha value is -3.85. The van der Waals surface area contributed by atoms with Crippen molar-refractivity contribution in [1.29, 1.82) is 0 Å². The zero-order valence-corrected chi connectivity index (χ0v) is 16.7. The predicted octanol–water partition coefficient (Wildman–Crippen LogP) is 4.29. The summed E-state index contributed by atoms with van der Waals surface area (Å²) in [5.74, 6) is 0.939. The maximum Gasteiger partial charge on any atom is 0.281 e. The molecule has 0 spiro atoms. The number of methoxy groups -OCH3 is 2. The normalized spacial score (nSPS) is 10.8. The van der Waals surface area contributed by atoms with Gasteiger partial charge in [0.2, 0.25) is 0 Å². The molecule has 30 heavy (non-hydrogen) atoms. The van der Waals surface area contributed by atoms with Crippen LogP contribution >= 0.6 is 11.6 Å². The van der Waals surface area contributed by atoms with Crippen molar-refractivity contribution >= 4 is 29.4 Å². The van der Waals surface area contributed by atoms with Crippen LogP contribution in [0.3, 0.4) is 0 Å². The Morgan fingerprint density at radius 3 is 2.67 bits per heavy atom. The number of halogens is 1. The van der Waals surface area contributed by atoms with Crippen molar-refractivity contribution in [2.24, 2.45) is 5.10 Å². The number of hydrogen-bond acceptors (Lipinski definition) is 7. The molecule has 0 atom stereocenters. The first-order valence-corrected chi connectivity index (χ1v) is 8.90. The molecule has 1 N–H and O–H groups in total. The Morgan fingerprint density at radius 1 is 1.17 bits per heavy atom. The SMILES string of the molecule is COc1ccc(C(=O)NN=Cc2ccc(-c3ccc(Cl)cc3[N+](=O)[O-])o2)c(OC)c1. The van der Waals surface area contributed by atoms with Gasteiger partial charge in [0.05, 0.1) is 36.5 Å². The van der Waals surface area contributed by atoms with Crippen molar-refractivity contribution in [1.82, 2.24) is 5.43 Å². The van der Waals surface area contributed by atoms with E-state index < -0.39 is 10.8 Å². The van der Waals surface area contributed by atoms with Crippen molar-refractivity contribution < 1.29 is 23.6 Å². The number of ether oxygens (including phenoxy) is 2. The highest BCUT2D eigenvalue weighted by atomic mass is 35.5. The molecule has 9 nitrogen and oxygen atoms in total. The summed E-state index contributed by atoms with van der Waals surface area (Å²) in [6.45, 7) is 0. The molecule has 0 unspecified atom stereocenters. The maximum absolute atomic E-state index is 12.3. The number of nitro benzene ring substituents is 1. The van der Waals surface area contributed by atoms with Gasteiger partial charge in [0.1, 0.15) is 23.0 Å². The fourth-order valence-electron chi connectivity index (χ4n) is 2.63. The lowest BCUT2D eigenvalue weighted by Crippen LogP contribution is -2.18. The molecule has 1 heterocycles. The molecule has 2 aromatic carbocycles. The van der Waals surface area contributed by atoms with E-state index in [1.165, 1.54) is 38.6 Å². The van der Waals surface area contributed by atoms with Crippen LogP contribution in [0.2, 0.25) is 5.02 Å². The Kier molecular flexibility index (Phi) is 6.33. The lowest BCUT2D eigenvalue weighted by atomic mass is 10.1. The van der Waals surface area contributed by atoms with Crippen LogP contribution in [0.1, 0.15) is 16.1 Å². The Balaban J connectivity index is 1.74. The second-order valence-corrected chi connectivity index (χ2v) is 6.32. The van der Waals surface area contributed by atoms with Crippen LogP contribution in [-0.2, 0) is 0 Å². The number of carbonyl (C=O) groups excluding carboxylic acids is 1. The van der Waals surface area contributed by atoms with E-state index in [9.17, 15) is 14.9 Å². The van der Waals surface area contributed by atoms with Crippen LogP contribution in [0.15, 0.2) is 58.0 Å². The molecule has 3 aromatic rings. The number of carbonyl (C=O) groups is 1. The van der Waals surface area contributed by atoms with Crippen molar-refractivity contribution in [3.05, 3.63) is 75.0 Å². The van der Waals surface area contributed by atoms with E-state index in [1.807, 2.05) is 0 Å². The minimum atomic E-state index is -0.542. The molecule has 10 heteroatoms. The number of nitrogens with one attached hydrogen (secondary N) is 1. The number of furan rings is 1. The number of hydrogen-bond donors (Lipinski definition) is 1. The number of hydrazone groups is 1. The zero-order chi connectivity index (χ0) is 21.7. The van der Waals surface area contributed by atoms with E-state index in [2.05, 4.69) is 10.5 Å². The van der Waals surface area contributed by atoms with Gasteiger partial charge in [-0.15, -0.1) is 0 Å². The largest absolute Gasteiger partial charge is 0.497 e. The molecule has 0 bridgehead atoms. The summed E-state index contributed by atoms with van der Waals surface area (Å²) in [5.41, 5.74) is 2.73. The van der Waals surface area contributed by atoms with E-state index in [0.717, 1.165) is 0 Å². The molecular formula is C20H16ClN3O6. The Labute approximate surface area is 176 Å². The first kappa shape index (κ1) is 20.9. The van der Waals surface area contributed by atoms with Gasteiger partial charge in [-0.25, -0.2) is 5.43 Å². The van der Waals surface area contributed by atoms with Crippen LogP contribution in [0.4, 0.5) is 5.69 Å². The highest BCUT2D eigenvalue weighted by molar-refractivity contribution is 6.30. The maximum atomic E-state index is 12.3. The van der Waals surface area contributed by atoms with Crippen LogP contribution in [0.25, 0.3) is 11.3 Å². The van der Waals surface area contributed by atoms with Gasteiger partial charge in [0.15, 0.2) is 0 Å². The molecule has 0 fully saturated rings. The minimum Gasteiger partial charge on any atom is -0.497 e. The summed E-state index contributed by atoms with van der Waals surface area (Å²) in [6, 6.07) is 12.2. The highest BCUT2D eigenvalue weighted by Crippen LogP contribution is 2.33. The van der Waals surface area contributed by atoms with E-state index in [0.29, 0.717) is 11.5 Å². The fourth-order valence-corrected chi connectivity index (χ4v) is 2.80. The average molecular weight is 430 g/mol. The van der Waals surface area contributed by atoms with Crippen molar-refractivity contribution in [3.63, 3.8) is 0 Å². The van der Waals surface area contributed by atoms with Crippen LogP contribution in [0, 0.1) is 10.1 Å². The summed E-state index contributed by atoms with van der Waals surface area (Å²) < 4.78 is 15.9. The molecule has 0 aliphatic rings. The van der Waals surface area contributed by atoms with Gasteiger partial charge in [-0.3, -0.25) is 14.9 Å². The molecule has 0 aliphatic heterocycles. The van der Waals surface area contributed by atoms with Crippen molar-refractivity contribution in [3.8, 4) is 22.8 Å². The number of benzene rings is 2. The second-order valence-electron chi connectivity index (χ2n) is 5.89. The van der Waals surface area contributed by atoms with Crippen LogP contribution < -0.4 is 14.9 Å². The lowest BCUT2D eigenvalue weighted by molar-refractivity contribution is -0.384. The van der Waals surface area contributed by atoms with E-state index in [4.69, 9.17) is 25.5 Å². The molecule has 3 rings (SSSR count). The van der Waals surface area contributed by atoms with Crippen molar-refractivity contribution in [2.75, 3.05) is 14.2 Å². The molecule has 0 radical (unpaired) electrons. The van der Waals surface area contributed by atoms with E-state index in [1.54, 1.807) is 30.3 Å². The van der Waals surface area contributed by atoms with E-state index in [-0.39, 0.29) is 33.4 Å². The first-order chi connectivity index (χ1) is 14.4. The van der Waals surface area contributed by atoms with Gasteiger partial charge >= 0.3 is 0 Å². The third-order valence-electron chi connectivity index (χ3n) is 4.06. The monoisotopic (exact) mass is 429 g/mol. The topological polar surface area (TPSA) is 116 Å². The minimum absolute atomic E-state index is 0.180. The van der Waals surface area contributed by atoms with Gasteiger partial charge in [-0.2, -0.15) is 5.10 Å². The van der Waals surface area contributed by atoms with Gasteiger partial charge < -0.3 is 13.9 Å². The average Bonchev–Trinajstić information content (AvgIpc) is 3.21. The van der Waals surface area contributed by atoms with Crippen LogP contribution in [-0.4, -0.2) is 31.3 Å². The zero-order valence-electron chi connectivity index (χ0n) is 15.9. The molecule has 1 amide bonds. The standard InChI is InChI=1S/C20H16ClN3O6/c1-28-13-4-7-16(19(10-13)29-2)20(25)23-22-11-14-5-8-18(30-14)15-6-3-12(21)9-17(15)24(26)27/h3-11H,1-2H3,(H,23,25). The highest BCUT2D eigenvalue weighted by Gasteiger charge is 2.18. The third kappa shape index (κ3) is 4.58. The van der Waals surface area contributed by atoms with E-state index >= 15 is 0 Å². The summed E-state index contributed by atoms with van der Waals surface area (Å²) in [7, 11) is 2.95. The van der Waals surface area contributed by atoms with Gasteiger partial charge in [-0.1, -0.05) is 11.6 Å². The molecule has 1 aromatic heterocycles. The van der Waals surface area contributed by atoms with Gasteiger partial charge in [-0.05, 0) is 36.4 Å². The quantitative estimate of drug-likeness (QED) is 0.340.